The fraction of sp³-hybridized carbons (Fsp3) is 0.636. The summed E-state index contributed by atoms with van der Waals surface area (Å²) in [6.07, 6.45) is -0.162. The van der Waals surface area contributed by atoms with Gasteiger partial charge < -0.3 is 26.6 Å². The highest BCUT2D eigenvalue weighted by atomic mass is 32.2. The number of carbonyl (C=O) groups excluding carboxylic acids is 2. The van der Waals surface area contributed by atoms with Gasteiger partial charge in [0.05, 0.1) is 0 Å². The number of rotatable bonds is 6. The molecule has 21 heavy (non-hydrogen) atoms. The molecule has 1 saturated heterocycles. The number of carbonyl (C=O) groups is 4. The van der Waals surface area contributed by atoms with Crippen LogP contribution in [0.15, 0.2) is 0 Å². The maximum absolute atomic E-state index is 11.8. The number of thioether (sulfide) groups is 1. The second-order valence-electron chi connectivity index (χ2n) is 4.54. The predicted molar refractivity (Wildman–Crippen MR) is 73.7 cm³/mol. The van der Waals surface area contributed by atoms with Crippen molar-refractivity contribution in [3.05, 3.63) is 0 Å². The molecule has 118 valence electrons. The molecule has 0 aromatic rings. The second-order valence-corrected chi connectivity index (χ2v) is 5.62. The number of carboxylic acids is 2. The lowest BCUT2D eigenvalue weighted by atomic mass is 10.1. The molecule has 1 heterocycles. The summed E-state index contributed by atoms with van der Waals surface area (Å²) >= 11 is 1.24. The Morgan fingerprint density at radius 2 is 2.05 bits per heavy atom. The molecule has 0 aliphatic carbocycles. The van der Waals surface area contributed by atoms with Crippen LogP contribution < -0.4 is 16.4 Å². The Balaban J connectivity index is 2.46. The number of nitrogens with two attached hydrogens (primary N) is 1. The van der Waals surface area contributed by atoms with E-state index < -0.39 is 41.9 Å². The van der Waals surface area contributed by atoms with Crippen molar-refractivity contribution in [2.75, 3.05) is 11.5 Å². The van der Waals surface area contributed by atoms with E-state index in [0.29, 0.717) is 0 Å². The maximum Gasteiger partial charge on any atom is 0.327 e. The molecule has 9 nitrogen and oxygen atoms in total. The van der Waals surface area contributed by atoms with Gasteiger partial charge in [-0.05, 0) is 6.42 Å². The topological polar surface area (TPSA) is 159 Å². The fourth-order valence-electron chi connectivity index (χ4n) is 1.61. The largest absolute Gasteiger partial charge is 0.480 e. The maximum atomic E-state index is 11.8. The summed E-state index contributed by atoms with van der Waals surface area (Å²) in [6.45, 7) is 0. The Kier molecular flexibility index (Phi) is 6.43. The van der Waals surface area contributed by atoms with E-state index in [2.05, 4.69) is 10.6 Å². The zero-order chi connectivity index (χ0) is 16.0. The van der Waals surface area contributed by atoms with Gasteiger partial charge in [0.25, 0.3) is 0 Å². The molecule has 1 rings (SSSR count). The van der Waals surface area contributed by atoms with Gasteiger partial charge in [-0.1, -0.05) is 0 Å². The lowest BCUT2D eigenvalue weighted by molar-refractivity contribution is -0.141. The zero-order valence-electron chi connectivity index (χ0n) is 11.1. The van der Waals surface area contributed by atoms with Crippen LogP contribution in [0.3, 0.4) is 0 Å². The van der Waals surface area contributed by atoms with Gasteiger partial charge in [-0.15, -0.1) is 0 Å². The van der Waals surface area contributed by atoms with Crippen molar-refractivity contribution < 1.29 is 29.4 Å². The van der Waals surface area contributed by atoms with Gasteiger partial charge in [-0.25, -0.2) is 4.79 Å². The molecule has 1 aliphatic heterocycles. The van der Waals surface area contributed by atoms with E-state index in [1.165, 1.54) is 11.8 Å². The van der Waals surface area contributed by atoms with Crippen LogP contribution in [-0.4, -0.2) is 63.6 Å². The standard InChI is InChI=1S/C11H17N3O6S/c12-5(10(17)18)1-2-8(15)13-6-3-21-4-7(11(19)20)14-9(6)16/h5-7H,1-4,12H2,(H,13,15)(H,14,16)(H,17,18)(H,19,20)/t5-,6+,7-/m0/s1. The molecule has 1 fully saturated rings. The van der Waals surface area contributed by atoms with Crippen LogP contribution in [0, 0.1) is 0 Å². The van der Waals surface area contributed by atoms with Crippen LogP contribution >= 0.6 is 11.8 Å². The van der Waals surface area contributed by atoms with E-state index in [9.17, 15) is 19.2 Å². The Morgan fingerprint density at radius 3 is 2.62 bits per heavy atom. The van der Waals surface area contributed by atoms with E-state index in [4.69, 9.17) is 15.9 Å². The molecule has 0 radical (unpaired) electrons. The molecule has 2 amide bonds. The summed E-state index contributed by atoms with van der Waals surface area (Å²) < 4.78 is 0. The van der Waals surface area contributed by atoms with E-state index in [1.54, 1.807) is 0 Å². The lowest BCUT2D eigenvalue weighted by Gasteiger charge is -2.16. The normalized spacial score (nSPS) is 23.6. The average Bonchev–Trinajstić information content (AvgIpc) is 2.58. The number of amides is 2. The van der Waals surface area contributed by atoms with Gasteiger partial charge in [0.1, 0.15) is 18.1 Å². The highest BCUT2D eigenvalue weighted by molar-refractivity contribution is 7.99. The highest BCUT2D eigenvalue weighted by Gasteiger charge is 2.30. The zero-order valence-corrected chi connectivity index (χ0v) is 11.9. The number of carboxylic acid groups (broad SMARTS) is 2. The summed E-state index contributed by atoms with van der Waals surface area (Å²) in [6, 6.07) is -2.96. The molecule has 0 aromatic heterocycles. The van der Waals surface area contributed by atoms with Crippen LogP contribution in [0.2, 0.25) is 0 Å². The second kappa shape index (κ2) is 7.84. The molecule has 0 bridgehead atoms. The summed E-state index contributed by atoms with van der Waals surface area (Å²) in [5, 5.41) is 22.2. The van der Waals surface area contributed by atoms with Crippen molar-refractivity contribution in [2.45, 2.75) is 31.0 Å². The van der Waals surface area contributed by atoms with Gasteiger partial charge in [0.15, 0.2) is 0 Å². The minimum Gasteiger partial charge on any atom is -0.480 e. The van der Waals surface area contributed by atoms with Gasteiger partial charge in [-0.3, -0.25) is 14.4 Å². The molecular weight excluding hydrogens is 302 g/mol. The monoisotopic (exact) mass is 319 g/mol. The predicted octanol–water partition coefficient (Wildman–Crippen LogP) is -2.02. The molecule has 6 N–H and O–H groups in total. The fourth-order valence-corrected chi connectivity index (χ4v) is 2.68. The summed E-state index contributed by atoms with van der Waals surface area (Å²) in [5.41, 5.74) is 5.27. The van der Waals surface area contributed by atoms with E-state index in [0.717, 1.165) is 0 Å². The number of nitrogens with one attached hydrogen (secondary N) is 2. The third-order valence-electron chi connectivity index (χ3n) is 2.83. The first kappa shape index (κ1) is 17.2. The Labute approximate surface area is 124 Å². The minimum atomic E-state index is -1.20. The van der Waals surface area contributed by atoms with Crippen molar-refractivity contribution >= 4 is 35.5 Å². The smallest absolute Gasteiger partial charge is 0.327 e. The van der Waals surface area contributed by atoms with Crippen molar-refractivity contribution in [1.82, 2.24) is 10.6 Å². The van der Waals surface area contributed by atoms with Gasteiger partial charge in [-0.2, -0.15) is 11.8 Å². The van der Waals surface area contributed by atoms with E-state index in [1.807, 2.05) is 0 Å². The molecule has 0 saturated carbocycles. The minimum absolute atomic E-state index is 0.0413. The molecule has 0 aromatic carbocycles. The first-order chi connectivity index (χ1) is 9.81. The number of aliphatic carboxylic acids is 2. The lowest BCUT2D eigenvalue weighted by Crippen LogP contribution is -2.51. The SMILES string of the molecule is N[C@@H](CCC(=O)N[C@@H]1CSC[C@@H](C(=O)O)NC1=O)C(=O)O. The quantitative estimate of drug-likeness (QED) is 0.375. The van der Waals surface area contributed by atoms with E-state index in [-0.39, 0.29) is 24.3 Å². The van der Waals surface area contributed by atoms with Crippen molar-refractivity contribution in [1.29, 1.82) is 0 Å². The Bertz CT molecular complexity index is 444. The van der Waals surface area contributed by atoms with E-state index >= 15 is 0 Å². The van der Waals surface area contributed by atoms with Crippen molar-refractivity contribution in [3.63, 3.8) is 0 Å². The molecular formula is C11H17N3O6S. The van der Waals surface area contributed by atoms with Crippen molar-refractivity contribution in [2.24, 2.45) is 5.73 Å². The van der Waals surface area contributed by atoms with Crippen molar-refractivity contribution in [3.8, 4) is 0 Å². The summed E-state index contributed by atoms with van der Waals surface area (Å²) in [7, 11) is 0. The first-order valence-corrected chi connectivity index (χ1v) is 7.35. The summed E-state index contributed by atoms with van der Waals surface area (Å²) in [5.74, 6) is -2.92. The molecule has 0 unspecified atom stereocenters. The molecule has 0 spiro atoms. The first-order valence-electron chi connectivity index (χ1n) is 6.20. The Hall–Kier alpha value is -1.81. The highest BCUT2D eigenvalue weighted by Crippen LogP contribution is 2.11. The van der Waals surface area contributed by atoms with Crippen LogP contribution in [0.5, 0.6) is 0 Å². The van der Waals surface area contributed by atoms with Gasteiger partial charge in [0, 0.05) is 17.9 Å². The van der Waals surface area contributed by atoms with Crippen LogP contribution in [-0.2, 0) is 19.2 Å². The third-order valence-corrected chi connectivity index (χ3v) is 3.97. The molecule has 10 heteroatoms. The molecule has 3 atom stereocenters. The number of hydrogen-bond acceptors (Lipinski definition) is 6. The van der Waals surface area contributed by atoms with Gasteiger partial charge >= 0.3 is 11.9 Å². The van der Waals surface area contributed by atoms with Gasteiger partial charge in [0.2, 0.25) is 11.8 Å². The van der Waals surface area contributed by atoms with Crippen LogP contribution in [0.1, 0.15) is 12.8 Å². The number of hydrogen-bond donors (Lipinski definition) is 5. The third kappa shape index (κ3) is 5.60. The summed E-state index contributed by atoms with van der Waals surface area (Å²) in [4.78, 5) is 44.8. The van der Waals surface area contributed by atoms with Crippen LogP contribution in [0.25, 0.3) is 0 Å². The average molecular weight is 319 g/mol. The molecule has 1 aliphatic rings. The van der Waals surface area contributed by atoms with Crippen LogP contribution in [0.4, 0.5) is 0 Å². The Morgan fingerprint density at radius 1 is 1.38 bits per heavy atom.